The molecule has 0 aliphatic heterocycles. The lowest BCUT2D eigenvalue weighted by Gasteiger charge is -2.17. The van der Waals surface area contributed by atoms with Crippen molar-refractivity contribution in [2.24, 2.45) is 0 Å². The van der Waals surface area contributed by atoms with Gasteiger partial charge in [0.2, 0.25) is 0 Å². The van der Waals surface area contributed by atoms with E-state index in [1.165, 1.54) is 18.2 Å². The molecule has 3 aromatic rings. The maximum atomic E-state index is 13.6. The van der Waals surface area contributed by atoms with Crippen LogP contribution in [-0.4, -0.2) is 29.6 Å². The molecule has 2 heterocycles. The number of hydrogen-bond acceptors (Lipinski definition) is 5. The summed E-state index contributed by atoms with van der Waals surface area (Å²) in [6.07, 6.45) is 3.62. The summed E-state index contributed by atoms with van der Waals surface area (Å²) < 4.78 is 43.3. The molecule has 27 heavy (non-hydrogen) atoms. The Kier molecular flexibility index (Phi) is 5.59. The van der Waals surface area contributed by atoms with Gasteiger partial charge in [-0.1, -0.05) is 23.7 Å². The van der Waals surface area contributed by atoms with E-state index in [0.717, 1.165) is 11.8 Å². The van der Waals surface area contributed by atoms with Crippen molar-refractivity contribution in [1.29, 1.82) is 0 Å². The first kappa shape index (κ1) is 19.5. The number of halogens is 2. The van der Waals surface area contributed by atoms with Gasteiger partial charge >= 0.3 is 0 Å². The Hall–Kier alpha value is -2.29. The van der Waals surface area contributed by atoms with Crippen LogP contribution in [0.1, 0.15) is 28.7 Å². The third-order valence-corrected chi connectivity index (χ3v) is 5.23. The van der Waals surface area contributed by atoms with Gasteiger partial charge in [-0.05, 0) is 36.2 Å². The van der Waals surface area contributed by atoms with Gasteiger partial charge in [0.25, 0.3) is 0 Å². The molecule has 0 spiro atoms. The lowest BCUT2D eigenvalue weighted by atomic mass is 10.1. The summed E-state index contributed by atoms with van der Waals surface area (Å²) in [5.41, 5.74) is 1.76. The molecular weight excluding hydrogens is 393 g/mol. The van der Waals surface area contributed by atoms with E-state index >= 15 is 0 Å². The summed E-state index contributed by atoms with van der Waals surface area (Å²) in [4.78, 5) is 11.2. The molecule has 1 N–H and O–H groups in total. The number of sulfone groups is 1. The van der Waals surface area contributed by atoms with E-state index in [-0.39, 0.29) is 16.7 Å². The first-order valence-electron chi connectivity index (χ1n) is 7.97. The summed E-state index contributed by atoms with van der Waals surface area (Å²) in [6.45, 7) is 1.81. The Morgan fingerprint density at radius 3 is 2.70 bits per heavy atom. The van der Waals surface area contributed by atoms with E-state index in [0.29, 0.717) is 17.1 Å². The van der Waals surface area contributed by atoms with Crippen molar-refractivity contribution in [1.82, 2.24) is 15.0 Å². The fourth-order valence-electron chi connectivity index (χ4n) is 2.62. The van der Waals surface area contributed by atoms with Gasteiger partial charge in [-0.25, -0.2) is 17.8 Å². The zero-order chi connectivity index (χ0) is 19.6. The zero-order valence-corrected chi connectivity index (χ0v) is 16.2. The average Bonchev–Trinajstić information content (AvgIpc) is 3.01. The highest BCUT2D eigenvalue weighted by Gasteiger charge is 2.24. The normalized spacial score (nSPS) is 12.9. The molecule has 0 fully saturated rings. The lowest BCUT2D eigenvalue weighted by molar-refractivity contribution is 0.0611. The standard InChI is InChI=1S/C18H17ClFN3O3S/c1-11-18(27(2,24)25)23-17(22-11)16(13-5-6-15(20)14(19)8-13)26-10-12-4-3-7-21-9-12/h3-9,16H,10H2,1-2H3,(H,22,23). The number of nitrogens with zero attached hydrogens (tertiary/aromatic N) is 2. The van der Waals surface area contributed by atoms with E-state index in [4.69, 9.17) is 16.3 Å². The van der Waals surface area contributed by atoms with Crippen LogP contribution < -0.4 is 0 Å². The van der Waals surface area contributed by atoms with Gasteiger partial charge in [0.1, 0.15) is 17.7 Å². The number of ether oxygens (including phenoxy) is 1. The molecule has 3 rings (SSSR count). The number of imidazole rings is 1. The molecule has 0 aliphatic carbocycles. The number of H-pyrrole nitrogens is 1. The molecule has 0 saturated carbocycles. The summed E-state index contributed by atoms with van der Waals surface area (Å²) in [6, 6.07) is 7.81. The number of rotatable bonds is 6. The molecule has 142 valence electrons. The van der Waals surface area contributed by atoms with Gasteiger partial charge in [-0.15, -0.1) is 0 Å². The Morgan fingerprint density at radius 2 is 2.11 bits per heavy atom. The minimum Gasteiger partial charge on any atom is -0.361 e. The Balaban J connectivity index is 2.00. The van der Waals surface area contributed by atoms with Crippen LogP contribution in [0.3, 0.4) is 0 Å². The Labute approximate surface area is 161 Å². The summed E-state index contributed by atoms with van der Waals surface area (Å²) in [5.74, 6) is -0.265. The maximum absolute atomic E-state index is 13.6. The summed E-state index contributed by atoms with van der Waals surface area (Å²) in [7, 11) is -3.50. The van der Waals surface area contributed by atoms with Crippen LogP contribution >= 0.6 is 11.6 Å². The van der Waals surface area contributed by atoms with Crippen molar-refractivity contribution in [2.75, 3.05) is 6.26 Å². The number of nitrogens with one attached hydrogen (secondary N) is 1. The van der Waals surface area contributed by atoms with E-state index in [9.17, 15) is 12.8 Å². The second-order valence-electron chi connectivity index (χ2n) is 6.05. The third-order valence-electron chi connectivity index (χ3n) is 3.84. The van der Waals surface area contributed by atoms with Crippen LogP contribution in [0.15, 0.2) is 47.8 Å². The monoisotopic (exact) mass is 409 g/mol. The number of aromatic nitrogens is 3. The average molecular weight is 410 g/mol. The Bertz CT molecular complexity index is 1050. The number of hydrogen-bond donors (Lipinski definition) is 1. The number of pyridine rings is 1. The zero-order valence-electron chi connectivity index (χ0n) is 14.6. The van der Waals surface area contributed by atoms with Gasteiger partial charge in [0, 0.05) is 18.6 Å². The molecule has 1 aromatic carbocycles. The van der Waals surface area contributed by atoms with Crippen LogP contribution in [0.25, 0.3) is 0 Å². The predicted molar refractivity (Wildman–Crippen MR) is 98.7 cm³/mol. The first-order valence-corrected chi connectivity index (χ1v) is 10.2. The van der Waals surface area contributed by atoms with Crippen LogP contribution in [0, 0.1) is 12.7 Å². The molecule has 2 aromatic heterocycles. The molecule has 0 saturated heterocycles. The molecular formula is C18H17ClFN3O3S. The SMILES string of the molecule is Cc1[nH]c(C(OCc2cccnc2)c2ccc(F)c(Cl)c2)nc1S(C)(=O)=O. The van der Waals surface area contributed by atoms with Crippen molar-refractivity contribution >= 4 is 21.4 Å². The van der Waals surface area contributed by atoms with Crippen molar-refractivity contribution in [2.45, 2.75) is 24.7 Å². The summed E-state index contributed by atoms with van der Waals surface area (Å²) in [5, 5.41) is -0.116. The van der Waals surface area contributed by atoms with Gasteiger partial charge in [0.05, 0.1) is 17.3 Å². The molecule has 0 aliphatic rings. The minimum atomic E-state index is -3.50. The minimum absolute atomic E-state index is 0.0549. The molecule has 0 amide bonds. The molecule has 0 radical (unpaired) electrons. The van der Waals surface area contributed by atoms with E-state index in [1.807, 2.05) is 6.07 Å². The number of benzene rings is 1. The third kappa shape index (κ3) is 4.52. The molecule has 6 nitrogen and oxygen atoms in total. The second kappa shape index (κ2) is 7.75. The van der Waals surface area contributed by atoms with Crippen LogP contribution in [0.5, 0.6) is 0 Å². The molecule has 1 unspecified atom stereocenters. The Morgan fingerprint density at radius 1 is 1.33 bits per heavy atom. The number of aromatic amines is 1. The molecule has 9 heteroatoms. The summed E-state index contributed by atoms with van der Waals surface area (Å²) >= 11 is 5.90. The van der Waals surface area contributed by atoms with Crippen LogP contribution in [0.2, 0.25) is 5.02 Å². The highest BCUT2D eigenvalue weighted by Crippen LogP contribution is 2.30. The molecule has 0 bridgehead atoms. The van der Waals surface area contributed by atoms with Gasteiger partial charge in [-0.3, -0.25) is 4.98 Å². The van der Waals surface area contributed by atoms with Crippen LogP contribution in [0.4, 0.5) is 4.39 Å². The quantitative estimate of drug-likeness (QED) is 0.672. The second-order valence-corrected chi connectivity index (χ2v) is 8.39. The van der Waals surface area contributed by atoms with Crippen molar-refractivity contribution in [3.05, 3.63) is 76.2 Å². The highest BCUT2D eigenvalue weighted by molar-refractivity contribution is 7.90. The highest BCUT2D eigenvalue weighted by atomic mass is 35.5. The van der Waals surface area contributed by atoms with Crippen molar-refractivity contribution in [3.8, 4) is 0 Å². The predicted octanol–water partition coefficient (Wildman–Crippen LogP) is 3.62. The fraction of sp³-hybridized carbons (Fsp3) is 0.222. The van der Waals surface area contributed by atoms with Gasteiger partial charge in [0.15, 0.2) is 14.9 Å². The van der Waals surface area contributed by atoms with Gasteiger partial charge < -0.3 is 9.72 Å². The van der Waals surface area contributed by atoms with E-state index < -0.39 is 21.8 Å². The molecule has 1 atom stereocenters. The van der Waals surface area contributed by atoms with Crippen molar-refractivity contribution < 1.29 is 17.5 Å². The van der Waals surface area contributed by atoms with Crippen molar-refractivity contribution in [3.63, 3.8) is 0 Å². The topological polar surface area (TPSA) is 84.9 Å². The van der Waals surface area contributed by atoms with E-state index in [1.54, 1.807) is 25.4 Å². The maximum Gasteiger partial charge on any atom is 0.194 e. The smallest absolute Gasteiger partial charge is 0.194 e. The van der Waals surface area contributed by atoms with Crippen LogP contribution in [-0.2, 0) is 21.2 Å². The largest absolute Gasteiger partial charge is 0.361 e. The van der Waals surface area contributed by atoms with Gasteiger partial charge in [-0.2, -0.15) is 0 Å². The van der Waals surface area contributed by atoms with E-state index in [2.05, 4.69) is 15.0 Å². The number of aryl methyl sites for hydroxylation is 1. The lowest BCUT2D eigenvalue weighted by Crippen LogP contribution is -2.09. The first-order chi connectivity index (χ1) is 12.8. The fourth-order valence-corrected chi connectivity index (χ4v) is 3.68.